The van der Waals surface area contributed by atoms with Gasteiger partial charge in [-0.2, -0.15) is 5.26 Å². The van der Waals surface area contributed by atoms with Crippen molar-refractivity contribution in [2.24, 2.45) is 0 Å². The van der Waals surface area contributed by atoms with Crippen LogP contribution in [0.2, 0.25) is 0 Å². The zero-order chi connectivity index (χ0) is 12.3. The molecule has 0 saturated heterocycles. The van der Waals surface area contributed by atoms with E-state index in [0.717, 1.165) is 23.1 Å². The number of hydrogen-bond acceptors (Lipinski definition) is 1. The molecule has 0 fully saturated rings. The standard InChI is InChI=1S/C16H15N/c1-12-8-9-13(2)16(11-17)15(12)10-14-6-4-3-5-7-14/h3-9H,10H2,1-2H3. The van der Waals surface area contributed by atoms with Gasteiger partial charge in [0.15, 0.2) is 0 Å². The number of nitriles is 1. The van der Waals surface area contributed by atoms with Gasteiger partial charge in [-0.3, -0.25) is 0 Å². The molecule has 84 valence electrons. The van der Waals surface area contributed by atoms with Crippen LogP contribution in [0.5, 0.6) is 0 Å². The van der Waals surface area contributed by atoms with E-state index in [1.807, 2.05) is 31.2 Å². The molecular weight excluding hydrogens is 206 g/mol. The monoisotopic (exact) mass is 221 g/mol. The lowest BCUT2D eigenvalue weighted by molar-refractivity contribution is 1.13. The molecule has 0 aromatic heterocycles. The normalized spacial score (nSPS) is 9.94. The predicted octanol–water partition coefficient (Wildman–Crippen LogP) is 3.77. The van der Waals surface area contributed by atoms with Crippen LogP contribution in [0.15, 0.2) is 42.5 Å². The summed E-state index contributed by atoms with van der Waals surface area (Å²) in [6.45, 7) is 4.06. The molecule has 0 aliphatic rings. The summed E-state index contributed by atoms with van der Waals surface area (Å²) in [4.78, 5) is 0. The van der Waals surface area contributed by atoms with Gasteiger partial charge in [-0.05, 0) is 42.5 Å². The van der Waals surface area contributed by atoms with Crippen LogP contribution in [0, 0.1) is 25.2 Å². The Labute approximate surface area is 102 Å². The van der Waals surface area contributed by atoms with Crippen LogP contribution in [-0.2, 0) is 6.42 Å². The minimum absolute atomic E-state index is 0.828. The molecule has 0 bridgehead atoms. The van der Waals surface area contributed by atoms with Crippen molar-refractivity contribution in [1.29, 1.82) is 5.26 Å². The fourth-order valence-corrected chi connectivity index (χ4v) is 2.05. The maximum atomic E-state index is 9.25. The van der Waals surface area contributed by atoms with Gasteiger partial charge in [0.2, 0.25) is 0 Å². The highest BCUT2D eigenvalue weighted by Gasteiger charge is 2.08. The van der Waals surface area contributed by atoms with Crippen LogP contribution in [0.4, 0.5) is 0 Å². The lowest BCUT2D eigenvalue weighted by atomic mass is 9.93. The minimum Gasteiger partial charge on any atom is -0.192 e. The molecule has 2 rings (SSSR count). The first kappa shape index (κ1) is 11.4. The Bertz CT molecular complexity index is 562. The SMILES string of the molecule is Cc1ccc(C)c(Cc2ccccc2)c1C#N. The minimum atomic E-state index is 0.828. The first-order chi connectivity index (χ1) is 8.22. The fourth-order valence-electron chi connectivity index (χ4n) is 2.05. The number of nitrogens with zero attached hydrogens (tertiary/aromatic N) is 1. The van der Waals surface area contributed by atoms with Crippen molar-refractivity contribution in [3.05, 3.63) is 70.3 Å². The van der Waals surface area contributed by atoms with Crippen LogP contribution < -0.4 is 0 Å². The van der Waals surface area contributed by atoms with E-state index < -0.39 is 0 Å². The van der Waals surface area contributed by atoms with Crippen molar-refractivity contribution in [3.8, 4) is 6.07 Å². The molecule has 0 N–H and O–H groups in total. The Morgan fingerprint density at radius 1 is 0.941 bits per heavy atom. The van der Waals surface area contributed by atoms with Gasteiger partial charge in [0.25, 0.3) is 0 Å². The van der Waals surface area contributed by atoms with Crippen molar-refractivity contribution in [3.63, 3.8) is 0 Å². The molecule has 0 atom stereocenters. The molecule has 0 saturated carbocycles. The summed E-state index contributed by atoms with van der Waals surface area (Å²) < 4.78 is 0. The van der Waals surface area contributed by atoms with Gasteiger partial charge in [-0.15, -0.1) is 0 Å². The highest BCUT2D eigenvalue weighted by atomic mass is 14.3. The molecule has 0 unspecified atom stereocenters. The smallest absolute Gasteiger partial charge is 0.0997 e. The van der Waals surface area contributed by atoms with E-state index >= 15 is 0 Å². The lowest BCUT2D eigenvalue weighted by Crippen LogP contribution is -1.98. The summed E-state index contributed by atoms with van der Waals surface area (Å²) in [5.41, 5.74) is 5.48. The zero-order valence-electron chi connectivity index (χ0n) is 10.2. The van der Waals surface area contributed by atoms with Gasteiger partial charge in [0.05, 0.1) is 11.6 Å². The number of rotatable bonds is 2. The molecule has 0 amide bonds. The molecule has 1 heteroatoms. The molecule has 0 aliphatic carbocycles. The Hall–Kier alpha value is -2.07. The van der Waals surface area contributed by atoms with Crippen molar-refractivity contribution in [1.82, 2.24) is 0 Å². The van der Waals surface area contributed by atoms with Gasteiger partial charge in [-0.1, -0.05) is 42.5 Å². The molecule has 0 radical (unpaired) electrons. The summed E-state index contributed by atoms with van der Waals surface area (Å²) in [6, 6.07) is 16.7. The third-order valence-corrected chi connectivity index (χ3v) is 3.09. The first-order valence-corrected chi connectivity index (χ1v) is 5.75. The van der Waals surface area contributed by atoms with Gasteiger partial charge in [-0.25, -0.2) is 0 Å². The average molecular weight is 221 g/mol. The van der Waals surface area contributed by atoms with Crippen LogP contribution >= 0.6 is 0 Å². The third kappa shape index (κ3) is 2.37. The van der Waals surface area contributed by atoms with Crippen LogP contribution in [0.25, 0.3) is 0 Å². The van der Waals surface area contributed by atoms with Crippen molar-refractivity contribution < 1.29 is 0 Å². The van der Waals surface area contributed by atoms with Crippen LogP contribution in [-0.4, -0.2) is 0 Å². The van der Waals surface area contributed by atoms with Crippen LogP contribution in [0.1, 0.15) is 27.8 Å². The summed E-state index contributed by atoms with van der Waals surface area (Å²) in [6.07, 6.45) is 0.831. The van der Waals surface area contributed by atoms with Gasteiger partial charge in [0, 0.05) is 0 Å². The van der Waals surface area contributed by atoms with Crippen molar-refractivity contribution in [2.45, 2.75) is 20.3 Å². The molecular formula is C16H15N. The first-order valence-electron chi connectivity index (χ1n) is 5.75. The quantitative estimate of drug-likeness (QED) is 0.757. The lowest BCUT2D eigenvalue weighted by Gasteiger charge is -2.10. The van der Waals surface area contributed by atoms with Gasteiger partial charge >= 0.3 is 0 Å². The predicted molar refractivity (Wildman–Crippen MR) is 69.9 cm³/mol. The maximum Gasteiger partial charge on any atom is 0.0997 e. The van der Waals surface area contributed by atoms with Crippen LogP contribution in [0.3, 0.4) is 0 Å². The third-order valence-electron chi connectivity index (χ3n) is 3.09. The molecule has 0 spiro atoms. The van der Waals surface area contributed by atoms with Crippen molar-refractivity contribution in [2.75, 3.05) is 0 Å². The highest BCUT2D eigenvalue weighted by Crippen LogP contribution is 2.21. The van der Waals surface area contributed by atoms with E-state index in [1.165, 1.54) is 11.1 Å². The van der Waals surface area contributed by atoms with E-state index in [4.69, 9.17) is 0 Å². The largest absolute Gasteiger partial charge is 0.192 e. The van der Waals surface area contributed by atoms with E-state index in [2.05, 4.69) is 31.2 Å². The topological polar surface area (TPSA) is 23.8 Å². The summed E-state index contributed by atoms with van der Waals surface area (Å²) in [7, 11) is 0. The second kappa shape index (κ2) is 4.84. The Balaban J connectivity index is 2.46. The highest BCUT2D eigenvalue weighted by molar-refractivity contribution is 5.49. The average Bonchev–Trinajstić information content (AvgIpc) is 2.35. The molecule has 2 aromatic carbocycles. The molecule has 0 aliphatic heterocycles. The van der Waals surface area contributed by atoms with E-state index in [1.54, 1.807) is 0 Å². The second-order valence-corrected chi connectivity index (χ2v) is 4.33. The zero-order valence-corrected chi connectivity index (χ0v) is 10.2. The summed E-state index contributed by atoms with van der Waals surface area (Å²) in [5, 5.41) is 9.25. The Morgan fingerprint density at radius 3 is 2.24 bits per heavy atom. The Kier molecular flexibility index (Phi) is 3.25. The van der Waals surface area contributed by atoms with E-state index in [0.29, 0.717) is 0 Å². The van der Waals surface area contributed by atoms with E-state index in [9.17, 15) is 5.26 Å². The molecule has 17 heavy (non-hydrogen) atoms. The summed E-state index contributed by atoms with van der Waals surface area (Å²) in [5.74, 6) is 0. The Morgan fingerprint density at radius 2 is 1.59 bits per heavy atom. The van der Waals surface area contributed by atoms with Crippen molar-refractivity contribution >= 4 is 0 Å². The molecule has 0 heterocycles. The van der Waals surface area contributed by atoms with E-state index in [-0.39, 0.29) is 0 Å². The molecule has 2 aromatic rings. The summed E-state index contributed by atoms with van der Waals surface area (Å²) >= 11 is 0. The van der Waals surface area contributed by atoms with Gasteiger partial charge in [0.1, 0.15) is 0 Å². The molecule has 1 nitrogen and oxygen atoms in total. The number of aryl methyl sites for hydroxylation is 2. The number of benzene rings is 2. The second-order valence-electron chi connectivity index (χ2n) is 4.33. The van der Waals surface area contributed by atoms with Gasteiger partial charge < -0.3 is 0 Å². The maximum absolute atomic E-state index is 9.25. The fraction of sp³-hybridized carbons (Fsp3) is 0.188. The number of hydrogen-bond donors (Lipinski definition) is 0.